The molecule has 0 aromatic carbocycles. The van der Waals surface area contributed by atoms with Crippen molar-refractivity contribution in [3.63, 3.8) is 0 Å². The lowest BCUT2D eigenvalue weighted by molar-refractivity contribution is -0.153. The molecule has 1 N–H and O–H groups in total. The maximum atomic E-state index is 12.2. The molecule has 1 heterocycles. The number of halogens is 2. The van der Waals surface area contributed by atoms with Crippen LogP contribution < -0.4 is 0 Å². The number of hydrogen-bond donors (Lipinski definition) is 1. The second-order valence-corrected chi connectivity index (χ2v) is 4.53. The standard InChI is InChI=1S/C11H19F2NO2/c1-2-3-11(10(15)16)4-6-14(7-5-11)8-9(12)13/h9H,2-8H2,1H3,(H,15,16). The van der Waals surface area contributed by atoms with E-state index >= 15 is 0 Å². The Balaban J connectivity index is 2.52. The first-order valence-electron chi connectivity index (χ1n) is 5.74. The van der Waals surface area contributed by atoms with Gasteiger partial charge in [-0.25, -0.2) is 8.78 Å². The molecule has 1 aliphatic rings. The van der Waals surface area contributed by atoms with Gasteiger partial charge in [0.05, 0.1) is 12.0 Å². The molecule has 1 saturated heterocycles. The van der Waals surface area contributed by atoms with E-state index in [9.17, 15) is 18.7 Å². The van der Waals surface area contributed by atoms with E-state index in [1.807, 2.05) is 6.92 Å². The highest BCUT2D eigenvalue weighted by atomic mass is 19.3. The van der Waals surface area contributed by atoms with Gasteiger partial charge in [0.1, 0.15) is 0 Å². The van der Waals surface area contributed by atoms with Gasteiger partial charge in [-0.1, -0.05) is 13.3 Å². The van der Waals surface area contributed by atoms with Crippen LogP contribution in [0, 0.1) is 5.41 Å². The molecule has 0 bridgehead atoms. The highest BCUT2D eigenvalue weighted by Gasteiger charge is 2.40. The quantitative estimate of drug-likeness (QED) is 0.794. The van der Waals surface area contributed by atoms with E-state index in [1.165, 1.54) is 0 Å². The van der Waals surface area contributed by atoms with Crippen molar-refractivity contribution >= 4 is 5.97 Å². The smallest absolute Gasteiger partial charge is 0.309 e. The number of hydrogen-bond acceptors (Lipinski definition) is 2. The van der Waals surface area contributed by atoms with Crippen LogP contribution in [-0.2, 0) is 4.79 Å². The summed E-state index contributed by atoms with van der Waals surface area (Å²) >= 11 is 0. The molecule has 0 spiro atoms. The van der Waals surface area contributed by atoms with Crippen molar-refractivity contribution < 1.29 is 18.7 Å². The molecule has 5 heteroatoms. The summed E-state index contributed by atoms with van der Waals surface area (Å²) in [5.41, 5.74) is -0.673. The average Bonchev–Trinajstić information content (AvgIpc) is 2.20. The fourth-order valence-corrected chi connectivity index (χ4v) is 2.41. The van der Waals surface area contributed by atoms with Crippen molar-refractivity contribution in [1.29, 1.82) is 0 Å². The van der Waals surface area contributed by atoms with E-state index in [4.69, 9.17) is 0 Å². The first-order valence-corrected chi connectivity index (χ1v) is 5.74. The Morgan fingerprint density at radius 3 is 2.38 bits per heavy atom. The van der Waals surface area contributed by atoms with Crippen LogP contribution in [0.25, 0.3) is 0 Å². The maximum Gasteiger partial charge on any atom is 0.309 e. The van der Waals surface area contributed by atoms with E-state index in [0.29, 0.717) is 32.4 Å². The number of likely N-dealkylation sites (tertiary alicyclic amines) is 1. The van der Waals surface area contributed by atoms with Crippen molar-refractivity contribution in [3.8, 4) is 0 Å². The lowest BCUT2D eigenvalue weighted by Crippen LogP contribution is -2.45. The molecule has 0 aromatic heterocycles. The highest BCUT2D eigenvalue weighted by molar-refractivity contribution is 5.74. The predicted molar refractivity (Wildman–Crippen MR) is 56.7 cm³/mol. The van der Waals surface area contributed by atoms with Gasteiger partial charge in [-0.15, -0.1) is 0 Å². The zero-order chi connectivity index (χ0) is 12.2. The van der Waals surface area contributed by atoms with Crippen LogP contribution in [0.2, 0.25) is 0 Å². The third kappa shape index (κ3) is 3.14. The number of carbonyl (C=O) groups is 1. The van der Waals surface area contributed by atoms with E-state index in [1.54, 1.807) is 4.90 Å². The Morgan fingerprint density at radius 2 is 2.00 bits per heavy atom. The van der Waals surface area contributed by atoms with E-state index in [2.05, 4.69) is 0 Å². The molecule has 0 aliphatic carbocycles. The van der Waals surface area contributed by atoms with Crippen LogP contribution >= 0.6 is 0 Å². The summed E-state index contributed by atoms with van der Waals surface area (Å²) in [6.45, 7) is 2.66. The average molecular weight is 235 g/mol. The predicted octanol–water partition coefficient (Wildman–Crippen LogP) is 2.22. The monoisotopic (exact) mass is 235 g/mol. The van der Waals surface area contributed by atoms with Gasteiger partial charge in [0.2, 0.25) is 0 Å². The van der Waals surface area contributed by atoms with Crippen LogP contribution in [0.4, 0.5) is 8.78 Å². The maximum absolute atomic E-state index is 12.2. The molecule has 16 heavy (non-hydrogen) atoms. The molecular formula is C11H19F2NO2. The Morgan fingerprint density at radius 1 is 1.44 bits per heavy atom. The third-order valence-corrected chi connectivity index (χ3v) is 3.39. The second-order valence-electron chi connectivity index (χ2n) is 4.53. The van der Waals surface area contributed by atoms with Crippen molar-refractivity contribution in [3.05, 3.63) is 0 Å². The third-order valence-electron chi connectivity index (χ3n) is 3.39. The fourth-order valence-electron chi connectivity index (χ4n) is 2.41. The molecule has 1 fully saturated rings. The number of carboxylic acids is 1. The summed E-state index contributed by atoms with van der Waals surface area (Å²) in [7, 11) is 0. The molecule has 0 unspecified atom stereocenters. The van der Waals surface area contributed by atoms with Gasteiger partial charge in [0.25, 0.3) is 6.43 Å². The molecule has 0 atom stereocenters. The van der Waals surface area contributed by atoms with Crippen LogP contribution in [0.3, 0.4) is 0 Å². The first kappa shape index (κ1) is 13.4. The zero-order valence-electron chi connectivity index (χ0n) is 9.59. The lowest BCUT2D eigenvalue weighted by Gasteiger charge is -2.38. The van der Waals surface area contributed by atoms with Gasteiger partial charge in [0, 0.05) is 0 Å². The minimum absolute atomic E-state index is 0.234. The summed E-state index contributed by atoms with van der Waals surface area (Å²) in [6, 6.07) is 0. The van der Waals surface area contributed by atoms with Crippen molar-refractivity contribution in [2.24, 2.45) is 5.41 Å². The fraction of sp³-hybridized carbons (Fsp3) is 0.909. The Kier molecular flexibility index (Phi) is 4.65. The van der Waals surface area contributed by atoms with E-state index in [-0.39, 0.29) is 6.54 Å². The van der Waals surface area contributed by atoms with Crippen LogP contribution in [-0.4, -0.2) is 42.0 Å². The van der Waals surface area contributed by atoms with Crippen molar-refractivity contribution in [2.75, 3.05) is 19.6 Å². The minimum atomic E-state index is -2.33. The molecule has 1 rings (SSSR count). The van der Waals surface area contributed by atoms with Gasteiger partial charge in [-0.05, 0) is 32.4 Å². The molecule has 0 radical (unpaired) electrons. The largest absolute Gasteiger partial charge is 0.481 e. The summed E-state index contributed by atoms with van der Waals surface area (Å²) in [5.74, 6) is -0.772. The summed E-state index contributed by atoms with van der Waals surface area (Å²) in [6.07, 6.45) is 0.112. The van der Waals surface area contributed by atoms with Crippen LogP contribution in [0.1, 0.15) is 32.6 Å². The molecule has 1 aliphatic heterocycles. The van der Waals surface area contributed by atoms with Gasteiger partial charge in [-0.3, -0.25) is 9.69 Å². The van der Waals surface area contributed by atoms with Gasteiger partial charge in [-0.2, -0.15) is 0 Å². The summed E-state index contributed by atoms with van der Waals surface area (Å²) < 4.78 is 24.3. The Bertz CT molecular complexity index is 238. The van der Waals surface area contributed by atoms with E-state index in [0.717, 1.165) is 6.42 Å². The molecule has 0 aromatic rings. The summed E-state index contributed by atoms with van der Waals surface area (Å²) in [5, 5.41) is 9.22. The number of nitrogens with zero attached hydrogens (tertiary/aromatic N) is 1. The van der Waals surface area contributed by atoms with Crippen molar-refractivity contribution in [1.82, 2.24) is 4.90 Å². The molecule has 0 amide bonds. The van der Waals surface area contributed by atoms with Gasteiger partial charge < -0.3 is 5.11 Å². The number of piperidine rings is 1. The van der Waals surface area contributed by atoms with E-state index < -0.39 is 17.8 Å². The topological polar surface area (TPSA) is 40.5 Å². The Labute approximate surface area is 94.4 Å². The Hall–Kier alpha value is -0.710. The molecular weight excluding hydrogens is 216 g/mol. The van der Waals surface area contributed by atoms with Crippen molar-refractivity contribution in [2.45, 2.75) is 39.0 Å². The highest BCUT2D eigenvalue weighted by Crippen LogP contribution is 2.36. The van der Waals surface area contributed by atoms with Crippen LogP contribution in [0.15, 0.2) is 0 Å². The molecule has 94 valence electrons. The number of aliphatic carboxylic acids is 1. The van der Waals surface area contributed by atoms with Gasteiger partial charge >= 0.3 is 5.97 Å². The number of rotatable bonds is 5. The second kappa shape index (κ2) is 5.57. The summed E-state index contributed by atoms with van der Waals surface area (Å²) in [4.78, 5) is 12.9. The van der Waals surface area contributed by atoms with Gasteiger partial charge in [0.15, 0.2) is 0 Å². The number of carboxylic acid groups (broad SMARTS) is 1. The number of alkyl halides is 2. The lowest BCUT2D eigenvalue weighted by atomic mass is 9.75. The van der Waals surface area contributed by atoms with Crippen LogP contribution in [0.5, 0.6) is 0 Å². The SMILES string of the molecule is CCCC1(C(=O)O)CCN(CC(F)F)CC1. The zero-order valence-corrected chi connectivity index (χ0v) is 9.59. The normalized spacial score (nSPS) is 21.2. The minimum Gasteiger partial charge on any atom is -0.481 e. The molecule has 0 saturated carbocycles. The first-order chi connectivity index (χ1) is 7.50. The molecule has 3 nitrogen and oxygen atoms in total.